The molecule has 0 atom stereocenters. The molecule has 0 unspecified atom stereocenters. The van der Waals surface area contributed by atoms with Gasteiger partial charge in [-0.1, -0.05) is 76.8 Å². The monoisotopic (exact) mass is 660 g/mol. The van der Waals surface area contributed by atoms with Gasteiger partial charge >= 0.3 is 0 Å². The van der Waals surface area contributed by atoms with E-state index in [1.165, 1.54) is 16.7 Å². The zero-order valence-corrected chi connectivity index (χ0v) is 27.8. The molecular formula is C33H39BrCl2N2OS. The van der Waals surface area contributed by atoms with Crippen LogP contribution < -0.4 is 17.0 Å². The van der Waals surface area contributed by atoms with Crippen LogP contribution in [-0.2, 0) is 13.1 Å². The fourth-order valence-corrected chi connectivity index (χ4v) is 7.03. The van der Waals surface area contributed by atoms with Crippen LogP contribution in [0.15, 0.2) is 66.7 Å². The summed E-state index contributed by atoms with van der Waals surface area (Å²) in [6.07, 6.45) is 1.96. The Balaban J connectivity index is 0.00000441. The number of hydrogen-bond acceptors (Lipinski definition) is 2. The lowest BCUT2D eigenvalue weighted by molar-refractivity contribution is -0.937. The van der Waals surface area contributed by atoms with Crippen molar-refractivity contribution >= 4 is 50.5 Å². The maximum atomic E-state index is 13.8. The highest BCUT2D eigenvalue weighted by Gasteiger charge is 2.26. The van der Waals surface area contributed by atoms with Gasteiger partial charge in [0, 0.05) is 23.4 Å². The van der Waals surface area contributed by atoms with E-state index in [1.54, 1.807) is 11.3 Å². The van der Waals surface area contributed by atoms with Crippen LogP contribution in [0.3, 0.4) is 0 Å². The number of benzene rings is 3. The third-order valence-corrected chi connectivity index (χ3v) is 9.60. The van der Waals surface area contributed by atoms with Crippen LogP contribution in [0.4, 0.5) is 0 Å². The Hall–Kier alpha value is -1.89. The number of quaternary nitrogens is 1. The Morgan fingerprint density at radius 3 is 2.15 bits per heavy atom. The average molecular weight is 663 g/mol. The molecule has 214 valence electrons. The summed E-state index contributed by atoms with van der Waals surface area (Å²) in [5.74, 6) is 0.116. The molecule has 0 spiro atoms. The standard InChI is InChI=1S/C33H39Cl2N2OS.BrH/c1-5-37(6-2,23-28-29(34)13-11-14-30(28)35)17-10-9-16-36(22-26-19-24(3)18-25(4)20-26)33(38)32-21-27-12-7-8-15-31(27)39-32;/h7-8,11-15,18-21H,5-6,9-10,16-17,22-23H2,1-4H3;1H/q+1;/p-1. The van der Waals surface area contributed by atoms with Crippen molar-refractivity contribution in [2.24, 2.45) is 0 Å². The summed E-state index contributed by atoms with van der Waals surface area (Å²) in [5, 5.41) is 2.60. The minimum absolute atomic E-state index is 0. The molecule has 7 heteroatoms. The minimum atomic E-state index is 0. The Labute approximate surface area is 264 Å². The van der Waals surface area contributed by atoms with Crippen molar-refractivity contribution in [2.75, 3.05) is 26.2 Å². The molecule has 0 bridgehead atoms. The Morgan fingerprint density at radius 1 is 0.875 bits per heavy atom. The molecule has 40 heavy (non-hydrogen) atoms. The largest absolute Gasteiger partial charge is 1.00 e. The zero-order valence-electron chi connectivity index (χ0n) is 23.9. The number of thiophene rings is 1. The molecule has 0 aliphatic rings. The van der Waals surface area contributed by atoms with E-state index in [0.29, 0.717) is 6.54 Å². The number of nitrogens with zero attached hydrogens (tertiary/aromatic N) is 2. The first-order valence-corrected chi connectivity index (χ1v) is 15.4. The predicted octanol–water partition coefficient (Wildman–Crippen LogP) is 6.31. The van der Waals surface area contributed by atoms with Gasteiger partial charge in [-0.3, -0.25) is 4.79 Å². The summed E-state index contributed by atoms with van der Waals surface area (Å²) in [5.41, 5.74) is 4.67. The number of amides is 1. The molecule has 0 fully saturated rings. The first-order chi connectivity index (χ1) is 18.7. The van der Waals surface area contributed by atoms with Crippen LogP contribution in [0, 0.1) is 13.8 Å². The molecule has 4 aromatic rings. The van der Waals surface area contributed by atoms with Crippen molar-refractivity contribution in [2.45, 2.75) is 53.6 Å². The van der Waals surface area contributed by atoms with E-state index < -0.39 is 0 Å². The van der Waals surface area contributed by atoms with Crippen LogP contribution in [0.5, 0.6) is 0 Å². The summed E-state index contributed by atoms with van der Waals surface area (Å²) in [6.45, 7) is 13.9. The summed E-state index contributed by atoms with van der Waals surface area (Å²) in [4.78, 5) is 16.7. The van der Waals surface area contributed by atoms with E-state index >= 15 is 0 Å². The van der Waals surface area contributed by atoms with Gasteiger partial charge in [0.1, 0.15) is 6.54 Å². The molecule has 4 rings (SSSR count). The topological polar surface area (TPSA) is 20.3 Å². The first kappa shape index (κ1) is 32.6. The number of halogens is 3. The highest BCUT2D eigenvalue weighted by molar-refractivity contribution is 7.20. The van der Waals surface area contributed by atoms with Gasteiger partial charge in [-0.05, 0) is 75.8 Å². The number of fused-ring (bicyclic) bond motifs is 1. The molecule has 1 heterocycles. The van der Waals surface area contributed by atoms with E-state index in [-0.39, 0.29) is 22.9 Å². The van der Waals surface area contributed by atoms with E-state index in [0.717, 1.165) is 80.6 Å². The highest BCUT2D eigenvalue weighted by atomic mass is 79.9. The summed E-state index contributed by atoms with van der Waals surface area (Å²) < 4.78 is 2.07. The van der Waals surface area contributed by atoms with Gasteiger partial charge in [-0.2, -0.15) is 0 Å². The predicted molar refractivity (Wildman–Crippen MR) is 168 cm³/mol. The number of carbonyl (C=O) groups is 1. The van der Waals surface area contributed by atoms with E-state index in [9.17, 15) is 4.79 Å². The van der Waals surface area contributed by atoms with Crippen LogP contribution in [-0.4, -0.2) is 41.5 Å². The lowest BCUT2D eigenvalue weighted by Crippen LogP contribution is -3.00. The van der Waals surface area contributed by atoms with Crippen LogP contribution >= 0.6 is 34.5 Å². The van der Waals surface area contributed by atoms with Crippen LogP contribution in [0.2, 0.25) is 10.0 Å². The van der Waals surface area contributed by atoms with Crippen molar-refractivity contribution in [3.8, 4) is 0 Å². The van der Waals surface area contributed by atoms with Gasteiger partial charge < -0.3 is 26.4 Å². The Kier molecular flexibility index (Phi) is 12.1. The van der Waals surface area contributed by atoms with Crippen molar-refractivity contribution in [1.29, 1.82) is 0 Å². The maximum absolute atomic E-state index is 13.8. The lowest BCUT2D eigenvalue weighted by atomic mass is 10.1. The lowest BCUT2D eigenvalue weighted by Gasteiger charge is -2.37. The van der Waals surface area contributed by atoms with Gasteiger partial charge in [0.2, 0.25) is 0 Å². The quantitative estimate of drug-likeness (QED) is 0.129. The van der Waals surface area contributed by atoms with E-state index in [2.05, 4.69) is 58.0 Å². The summed E-state index contributed by atoms with van der Waals surface area (Å²) >= 11 is 14.7. The van der Waals surface area contributed by atoms with Gasteiger partial charge in [0.15, 0.2) is 0 Å². The first-order valence-electron chi connectivity index (χ1n) is 13.9. The highest BCUT2D eigenvalue weighted by Crippen LogP contribution is 2.30. The number of aryl methyl sites for hydroxylation is 2. The van der Waals surface area contributed by atoms with E-state index in [1.807, 2.05) is 41.3 Å². The molecule has 0 saturated heterocycles. The van der Waals surface area contributed by atoms with Crippen molar-refractivity contribution in [3.63, 3.8) is 0 Å². The molecule has 0 radical (unpaired) electrons. The molecule has 3 nitrogen and oxygen atoms in total. The molecule has 0 aliphatic carbocycles. The van der Waals surface area contributed by atoms with Crippen molar-refractivity contribution < 1.29 is 26.3 Å². The van der Waals surface area contributed by atoms with E-state index in [4.69, 9.17) is 23.2 Å². The van der Waals surface area contributed by atoms with Gasteiger partial charge in [0.25, 0.3) is 5.91 Å². The molecule has 1 amide bonds. The number of rotatable bonds is 12. The molecule has 0 aliphatic heterocycles. The van der Waals surface area contributed by atoms with Crippen molar-refractivity contribution in [1.82, 2.24) is 4.90 Å². The van der Waals surface area contributed by atoms with Crippen molar-refractivity contribution in [3.05, 3.63) is 104 Å². The van der Waals surface area contributed by atoms with Crippen LogP contribution in [0.25, 0.3) is 10.1 Å². The summed E-state index contributed by atoms with van der Waals surface area (Å²) in [7, 11) is 0. The number of hydrogen-bond donors (Lipinski definition) is 0. The minimum Gasteiger partial charge on any atom is -1.00 e. The number of carbonyl (C=O) groups excluding carboxylic acids is 1. The third-order valence-electron chi connectivity index (χ3n) is 7.79. The fraction of sp³-hybridized carbons (Fsp3) is 0.364. The second kappa shape index (κ2) is 14.8. The third kappa shape index (κ3) is 8.10. The Bertz CT molecular complexity index is 1360. The Morgan fingerprint density at radius 2 is 1.52 bits per heavy atom. The summed E-state index contributed by atoms with van der Waals surface area (Å²) in [6, 6.07) is 22.6. The second-order valence-corrected chi connectivity index (χ2v) is 12.5. The zero-order chi connectivity index (χ0) is 28.0. The van der Waals surface area contributed by atoms with Gasteiger partial charge in [-0.25, -0.2) is 0 Å². The molecule has 0 N–H and O–H groups in total. The second-order valence-electron chi connectivity index (χ2n) is 10.6. The smallest absolute Gasteiger partial charge is 0.264 e. The molecular weight excluding hydrogens is 623 g/mol. The van der Waals surface area contributed by atoms with Gasteiger partial charge in [0.05, 0.1) is 34.6 Å². The number of unbranched alkanes of at least 4 members (excludes halogenated alkanes) is 1. The van der Waals surface area contributed by atoms with Crippen LogP contribution in [0.1, 0.15) is 58.6 Å². The average Bonchev–Trinajstić information content (AvgIpc) is 3.35. The fourth-order valence-electron chi connectivity index (χ4n) is 5.49. The normalized spacial score (nSPS) is 11.4. The molecule has 3 aromatic carbocycles. The maximum Gasteiger partial charge on any atom is 0.264 e. The SMILES string of the molecule is CC[N+](CC)(CCCCN(Cc1cc(C)cc(C)c1)C(=O)c1cc2ccccc2s1)Cc1c(Cl)cccc1Cl.[Br-]. The molecule has 0 saturated carbocycles. The molecule has 1 aromatic heterocycles. The van der Waals surface area contributed by atoms with Gasteiger partial charge in [-0.15, -0.1) is 11.3 Å².